The van der Waals surface area contributed by atoms with Crippen molar-refractivity contribution in [2.45, 2.75) is 0 Å². The molecule has 2 aromatic rings. The third kappa shape index (κ3) is 2.04. The summed E-state index contributed by atoms with van der Waals surface area (Å²) in [6.07, 6.45) is 1.69. The summed E-state index contributed by atoms with van der Waals surface area (Å²) in [4.78, 5) is 12.7. The lowest BCUT2D eigenvalue weighted by Crippen LogP contribution is -2.05. The number of hydrogen-bond donors (Lipinski definition) is 0. The summed E-state index contributed by atoms with van der Waals surface area (Å²) in [6.45, 7) is 0. The van der Waals surface area contributed by atoms with Gasteiger partial charge in [0.05, 0.1) is 17.5 Å². The number of fused-ring (bicyclic) bond motifs is 3. The highest BCUT2D eigenvalue weighted by atomic mass is 16.1. The Morgan fingerprint density at radius 1 is 0.773 bits per heavy atom. The van der Waals surface area contributed by atoms with Crippen molar-refractivity contribution in [3.8, 4) is 22.4 Å². The molecule has 0 saturated carbocycles. The van der Waals surface area contributed by atoms with E-state index in [1.807, 2.05) is 60.7 Å². The second kappa shape index (κ2) is 5.04. The monoisotopic (exact) mass is 284 g/mol. The van der Waals surface area contributed by atoms with E-state index in [0.717, 1.165) is 21.9 Å². The molecule has 22 heavy (non-hydrogen) atoms. The molecule has 3 nitrogen and oxygen atoms in total. The van der Waals surface area contributed by atoms with Crippen LogP contribution in [0.2, 0.25) is 0 Å². The number of rotatable bonds is 1. The first-order chi connectivity index (χ1) is 10.8. The van der Waals surface area contributed by atoms with Crippen LogP contribution in [0.4, 0.5) is 0 Å². The van der Waals surface area contributed by atoms with Crippen LogP contribution in [0, 0.1) is 0 Å². The summed E-state index contributed by atoms with van der Waals surface area (Å²) in [7, 11) is 0. The average Bonchev–Trinajstić information content (AvgIpc) is 2.75. The van der Waals surface area contributed by atoms with Crippen molar-refractivity contribution < 1.29 is 0 Å². The van der Waals surface area contributed by atoms with Crippen LogP contribution in [-0.4, -0.2) is 10.2 Å². The minimum absolute atomic E-state index is 0.0296. The molecular weight excluding hydrogens is 272 g/mol. The van der Waals surface area contributed by atoms with Gasteiger partial charge in [-0.1, -0.05) is 54.6 Å². The van der Waals surface area contributed by atoms with Crippen molar-refractivity contribution in [3.05, 3.63) is 83.2 Å². The third-order valence-corrected chi connectivity index (χ3v) is 3.78. The summed E-state index contributed by atoms with van der Waals surface area (Å²) < 4.78 is 0. The van der Waals surface area contributed by atoms with Gasteiger partial charge in [-0.25, -0.2) is 0 Å². The van der Waals surface area contributed by atoms with Gasteiger partial charge in [-0.05, 0) is 28.6 Å². The Balaban J connectivity index is 2.10. The quantitative estimate of drug-likeness (QED) is 0.534. The Kier molecular flexibility index (Phi) is 2.90. The van der Waals surface area contributed by atoms with E-state index in [0.29, 0.717) is 11.3 Å². The zero-order valence-corrected chi connectivity index (χ0v) is 11.7. The fraction of sp³-hybridized carbons (Fsp3) is 0. The Labute approximate surface area is 127 Å². The lowest BCUT2D eigenvalue weighted by Gasteiger charge is -2.06. The highest BCUT2D eigenvalue weighted by Crippen LogP contribution is 2.27. The van der Waals surface area contributed by atoms with Crippen LogP contribution < -0.4 is 5.43 Å². The van der Waals surface area contributed by atoms with Crippen LogP contribution in [0.25, 0.3) is 33.2 Å². The van der Waals surface area contributed by atoms with Crippen molar-refractivity contribution in [3.63, 3.8) is 0 Å². The molecule has 0 fully saturated rings. The Morgan fingerprint density at radius 2 is 1.55 bits per heavy atom. The first kappa shape index (κ1) is 12.7. The molecule has 0 bridgehead atoms. The van der Waals surface area contributed by atoms with E-state index in [4.69, 9.17) is 0 Å². The minimum atomic E-state index is -0.0296. The Bertz CT molecular complexity index is 997. The van der Waals surface area contributed by atoms with Crippen LogP contribution in [0.15, 0.2) is 77.7 Å². The second-order valence-corrected chi connectivity index (χ2v) is 5.17. The van der Waals surface area contributed by atoms with Gasteiger partial charge in [-0.3, -0.25) is 4.79 Å². The molecule has 104 valence electrons. The van der Waals surface area contributed by atoms with E-state index < -0.39 is 0 Å². The lowest BCUT2D eigenvalue weighted by molar-refractivity contribution is 1.06. The number of benzene rings is 3. The smallest absolute Gasteiger partial charge is 0.189 e. The first-order valence-corrected chi connectivity index (χ1v) is 7.07. The summed E-state index contributed by atoms with van der Waals surface area (Å²) in [5.41, 5.74) is 3.07. The molecule has 2 aromatic carbocycles. The molecule has 1 aliphatic heterocycles. The zero-order chi connectivity index (χ0) is 14.9. The molecule has 3 heteroatoms. The highest BCUT2D eigenvalue weighted by molar-refractivity contribution is 5.95. The first-order valence-electron chi connectivity index (χ1n) is 7.07. The molecule has 0 atom stereocenters. The van der Waals surface area contributed by atoms with E-state index in [1.54, 1.807) is 12.3 Å². The van der Waals surface area contributed by atoms with Crippen molar-refractivity contribution in [1.82, 2.24) is 10.2 Å². The normalized spacial score (nSPS) is 10.9. The Hall–Kier alpha value is -3.07. The number of hydrogen-bond acceptors (Lipinski definition) is 3. The molecule has 4 rings (SSSR count). The SMILES string of the molecule is O=c1cc(-c2ccccc2)cc2nncc3ccccc3c1-2. The van der Waals surface area contributed by atoms with Gasteiger partial charge >= 0.3 is 0 Å². The zero-order valence-electron chi connectivity index (χ0n) is 11.7. The van der Waals surface area contributed by atoms with Crippen molar-refractivity contribution in [1.29, 1.82) is 0 Å². The lowest BCUT2D eigenvalue weighted by atomic mass is 9.98. The van der Waals surface area contributed by atoms with Gasteiger partial charge in [-0.15, -0.1) is 0 Å². The predicted octanol–water partition coefficient (Wildman–Crippen LogP) is 3.76. The van der Waals surface area contributed by atoms with Crippen LogP contribution in [0.5, 0.6) is 0 Å². The number of aromatic nitrogens is 2. The maximum Gasteiger partial charge on any atom is 0.189 e. The molecule has 0 N–H and O–H groups in total. The average molecular weight is 284 g/mol. The van der Waals surface area contributed by atoms with E-state index in [-0.39, 0.29) is 5.43 Å². The largest absolute Gasteiger partial charge is 0.289 e. The molecule has 0 spiro atoms. The summed E-state index contributed by atoms with van der Waals surface area (Å²) >= 11 is 0. The summed E-state index contributed by atoms with van der Waals surface area (Å²) in [5.74, 6) is 0. The molecule has 0 unspecified atom stereocenters. The van der Waals surface area contributed by atoms with Gasteiger partial charge in [0.2, 0.25) is 0 Å². The predicted molar refractivity (Wildman–Crippen MR) is 87.9 cm³/mol. The van der Waals surface area contributed by atoms with Crippen molar-refractivity contribution in [2.24, 2.45) is 0 Å². The molecule has 2 aliphatic rings. The molecule has 1 heterocycles. The van der Waals surface area contributed by atoms with Gasteiger partial charge in [0.15, 0.2) is 5.43 Å². The number of nitrogens with zero attached hydrogens (tertiary/aromatic N) is 2. The van der Waals surface area contributed by atoms with E-state index in [9.17, 15) is 4.79 Å². The second-order valence-electron chi connectivity index (χ2n) is 5.17. The van der Waals surface area contributed by atoms with Gasteiger partial charge in [0.25, 0.3) is 0 Å². The van der Waals surface area contributed by atoms with Crippen LogP contribution in [0.3, 0.4) is 0 Å². The highest BCUT2D eigenvalue weighted by Gasteiger charge is 2.13. The van der Waals surface area contributed by atoms with Crippen LogP contribution in [-0.2, 0) is 0 Å². The standard InChI is InChI=1S/C19H12N2O/c22-18-11-15(13-6-2-1-3-7-13)10-17-19(18)16-9-5-4-8-14(16)12-20-21-17/h1-12H. The summed E-state index contributed by atoms with van der Waals surface area (Å²) in [6, 6.07) is 21.1. The topological polar surface area (TPSA) is 42.9 Å². The van der Waals surface area contributed by atoms with Gasteiger partial charge < -0.3 is 0 Å². The molecule has 0 radical (unpaired) electrons. The maximum absolute atomic E-state index is 12.7. The fourth-order valence-electron chi connectivity index (χ4n) is 2.74. The maximum atomic E-state index is 12.7. The van der Waals surface area contributed by atoms with Gasteiger partial charge in [0, 0.05) is 5.39 Å². The third-order valence-electron chi connectivity index (χ3n) is 3.78. The summed E-state index contributed by atoms with van der Waals surface area (Å²) in [5, 5.41) is 10.1. The van der Waals surface area contributed by atoms with E-state index >= 15 is 0 Å². The van der Waals surface area contributed by atoms with Crippen molar-refractivity contribution in [2.75, 3.05) is 0 Å². The minimum Gasteiger partial charge on any atom is -0.289 e. The van der Waals surface area contributed by atoms with Gasteiger partial charge in [-0.2, -0.15) is 10.2 Å². The molecule has 0 aromatic heterocycles. The van der Waals surface area contributed by atoms with E-state index in [2.05, 4.69) is 10.2 Å². The van der Waals surface area contributed by atoms with Gasteiger partial charge in [0.1, 0.15) is 0 Å². The fourth-order valence-corrected chi connectivity index (χ4v) is 2.74. The Morgan fingerprint density at radius 3 is 2.41 bits per heavy atom. The molecule has 0 saturated heterocycles. The van der Waals surface area contributed by atoms with Crippen molar-refractivity contribution >= 4 is 10.8 Å². The van der Waals surface area contributed by atoms with Crippen LogP contribution >= 0.6 is 0 Å². The molecular formula is C19H12N2O. The van der Waals surface area contributed by atoms with E-state index in [1.165, 1.54) is 0 Å². The van der Waals surface area contributed by atoms with Crippen LogP contribution in [0.1, 0.15) is 0 Å². The molecule has 0 amide bonds. The molecule has 1 aliphatic carbocycles.